The van der Waals surface area contributed by atoms with E-state index in [2.05, 4.69) is 45.4 Å². The number of rotatable bonds is 7. The van der Waals surface area contributed by atoms with Crippen LogP contribution in [0, 0.1) is 0 Å². The zero-order chi connectivity index (χ0) is 18.2. The SMILES string of the molecule is COc1ccccc1NC(=O)CCN1CCN(Cc2ccccc2)CC1.Cl.Cl. The van der Waals surface area contributed by atoms with E-state index in [9.17, 15) is 4.79 Å². The molecule has 0 spiro atoms. The minimum atomic E-state index is 0. The van der Waals surface area contributed by atoms with Crippen molar-refractivity contribution in [3.8, 4) is 5.75 Å². The molecule has 5 nitrogen and oxygen atoms in total. The molecule has 154 valence electrons. The lowest BCUT2D eigenvalue weighted by atomic mass is 10.2. The first-order chi connectivity index (χ1) is 12.7. The van der Waals surface area contributed by atoms with Gasteiger partial charge in [0.05, 0.1) is 12.8 Å². The Bertz CT molecular complexity index is 708. The number of methoxy groups -OCH3 is 1. The van der Waals surface area contributed by atoms with Gasteiger partial charge in [0.25, 0.3) is 0 Å². The maximum Gasteiger partial charge on any atom is 0.225 e. The molecule has 0 atom stereocenters. The molecule has 2 aromatic carbocycles. The molecule has 1 N–H and O–H groups in total. The number of anilines is 1. The van der Waals surface area contributed by atoms with Crippen LogP contribution in [0.3, 0.4) is 0 Å². The molecule has 3 rings (SSSR count). The van der Waals surface area contributed by atoms with Crippen molar-refractivity contribution in [3.63, 3.8) is 0 Å². The van der Waals surface area contributed by atoms with E-state index in [0.29, 0.717) is 12.2 Å². The van der Waals surface area contributed by atoms with Crippen LogP contribution in [-0.4, -0.2) is 55.5 Å². The number of ether oxygens (including phenoxy) is 1. The Morgan fingerprint density at radius 1 is 0.929 bits per heavy atom. The second-order valence-corrected chi connectivity index (χ2v) is 6.60. The fourth-order valence-electron chi connectivity index (χ4n) is 3.23. The monoisotopic (exact) mass is 425 g/mol. The fraction of sp³-hybridized carbons (Fsp3) is 0.381. The van der Waals surface area contributed by atoms with E-state index in [1.165, 1.54) is 5.56 Å². The van der Waals surface area contributed by atoms with Crippen LogP contribution in [0.15, 0.2) is 54.6 Å². The van der Waals surface area contributed by atoms with Crippen molar-refractivity contribution < 1.29 is 9.53 Å². The predicted molar refractivity (Wildman–Crippen MR) is 119 cm³/mol. The van der Waals surface area contributed by atoms with Gasteiger partial charge in [0.15, 0.2) is 0 Å². The molecule has 0 unspecified atom stereocenters. The highest BCUT2D eigenvalue weighted by atomic mass is 35.5. The van der Waals surface area contributed by atoms with E-state index < -0.39 is 0 Å². The van der Waals surface area contributed by atoms with Gasteiger partial charge in [-0.2, -0.15) is 0 Å². The third-order valence-corrected chi connectivity index (χ3v) is 4.75. The smallest absolute Gasteiger partial charge is 0.225 e. The van der Waals surface area contributed by atoms with E-state index in [-0.39, 0.29) is 30.7 Å². The molecule has 7 heteroatoms. The average Bonchev–Trinajstić information content (AvgIpc) is 2.69. The number of piperazine rings is 1. The summed E-state index contributed by atoms with van der Waals surface area (Å²) in [6.07, 6.45) is 0.497. The van der Waals surface area contributed by atoms with Gasteiger partial charge in [-0.1, -0.05) is 42.5 Å². The lowest BCUT2D eigenvalue weighted by Gasteiger charge is -2.34. The zero-order valence-corrected chi connectivity index (χ0v) is 17.8. The number of para-hydroxylation sites is 2. The molecule has 0 saturated carbocycles. The second kappa shape index (κ2) is 12.6. The first kappa shape index (κ1) is 24.2. The quantitative estimate of drug-likeness (QED) is 0.734. The molecule has 1 aliphatic rings. The number of halogens is 2. The minimum Gasteiger partial charge on any atom is -0.495 e. The molecule has 1 amide bonds. The first-order valence-electron chi connectivity index (χ1n) is 9.16. The summed E-state index contributed by atoms with van der Waals surface area (Å²) in [6.45, 7) is 5.90. The maximum atomic E-state index is 12.2. The third-order valence-electron chi connectivity index (χ3n) is 4.75. The van der Waals surface area contributed by atoms with Crippen LogP contribution in [-0.2, 0) is 11.3 Å². The zero-order valence-electron chi connectivity index (χ0n) is 16.2. The molecular weight excluding hydrogens is 397 g/mol. The second-order valence-electron chi connectivity index (χ2n) is 6.60. The van der Waals surface area contributed by atoms with Gasteiger partial charge in [-0.3, -0.25) is 9.69 Å². The number of carbonyl (C=O) groups is 1. The molecule has 1 saturated heterocycles. The summed E-state index contributed by atoms with van der Waals surface area (Å²) in [5, 5.41) is 2.94. The van der Waals surface area contributed by atoms with Crippen LogP contribution >= 0.6 is 24.8 Å². The molecule has 2 aromatic rings. The van der Waals surface area contributed by atoms with E-state index in [1.54, 1.807) is 7.11 Å². The minimum absolute atomic E-state index is 0. The molecule has 1 heterocycles. The molecule has 28 heavy (non-hydrogen) atoms. The molecule has 0 aliphatic carbocycles. The van der Waals surface area contributed by atoms with Crippen molar-refractivity contribution in [2.75, 3.05) is 45.2 Å². The number of carbonyl (C=O) groups excluding carboxylic acids is 1. The van der Waals surface area contributed by atoms with Crippen LogP contribution in [0.4, 0.5) is 5.69 Å². The van der Waals surface area contributed by atoms with Crippen LogP contribution in [0.5, 0.6) is 5.75 Å². The summed E-state index contributed by atoms with van der Waals surface area (Å²) in [5.41, 5.74) is 2.09. The third kappa shape index (κ3) is 7.32. The Labute approximate surface area is 179 Å². The normalized spacial score (nSPS) is 14.5. The van der Waals surface area contributed by atoms with Gasteiger partial charge in [-0.05, 0) is 17.7 Å². The highest BCUT2D eigenvalue weighted by molar-refractivity contribution is 5.92. The first-order valence-corrected chi connectivity index (χ1v) is 9.16. The Balaban J connectivity index is 0.00000196. The van der Waals surface area contributed by atoms with Crippen molar-refractivity contribution in [2.24, 2.45) is 0 Å². The summed E-state index contributed by atoms with van der Waals surface area (Å²) < 4.78 is 5.27. The van der Waals surface area contributed by atoms with Gasteiger partial charge < -0.3 is 15.0 Å². The summed E-state index contributed by atoms with van der Waals surface area (Å²) in [6, 6.07) is 18.1. The molecule has 1 fully saturated rings. The molecular formula is C21H29Cl2N3O2. The Kier molecular flexibility index (Phi) is 10.9. The van der Waals surface area contributed by atoms with Crippen molar-refractivity contribution in [2.45, 2.75) is 13.0 Å². The highest BCUT2D eigenvalue weighted by Crippen LogP contribution is 2.23. The number of hydrogen-bond acceptors (Lipinski definition) is 4. The highest BCUT2D eigenvalue weighted by Gasteiger charge is 2.17. The van der Waals surface area contributed by atoms with Gasteiger partial charge in [-0.25, -0.2) is 0 Å². The van der Waals surface area contributed by atoms with Gasteiger partial charge in [0, 0.05) is 45.7 Å². The Hall–Kier alpha value is -1.79. The van der Waals surface area contributed by atoms with Gasteiger partial charge in [0.1, 0.15) is 5.75 Å². The predicted octanol–water partition coefficient (Wildman–Crippen LogP) is 3.69. The molecule has 0 aromatic heterocycles. The van der Waals surface area contributed by atoms with E-state index in [4.69, 9.17) is 4.74 Å². The van der Waals surface area contributed by atoms with Crippen LogP contribution in [0.25, 0.3) is 0 Å². The van der Waals surface area contributed by atoms with Gasteiger partial charge >= 0.3 is 0 Å². The number of amides is 1. The van der Waals surface area contributed by atoms with E-state index >= 15 is 0 Å². The lowest BCUT2D eigenvalue weighted by molar-refractivity contribution is -0.116. The van der Waals surface area contributed by atoms with E-state index in [0.717, 1.165) is 45.0 Å². The summed E-state index contributed by atoms with van der Waals surface area (Å²) in [7, 11) is 1.61. The Morgan fingerprint density at radius 2 is 1.54 bits per heavy atom. The van der Waals surface area contributed by atoms with Crippen LogP contribution in [0.1, 0.15) is 12.0 Å². The van der Waals surface area contributed by atoms with E-state index in [1.807, 2.05) is 24.3 Å². The fourth-order valence-corrected chi connectivity index (χ4v) is 3.23. The molecule has 0 radical (unpaired) electrons. The number of nitrogens with one attached hydrogen (secondary N) is 1. The summed E-state index contributed by atoms with van der Waals surface area (Å²) in [4.78, 5) is 17.1. The number of hydrogen-bond donors (Lipinski definition) is 1. The maximum absolute atomic E-state index is 12.2. The summed E-state index contributed by atoms with van der Waals surface area (Å²) >= 11 is 0. The van der Waals surface area contributed by atoms with Gasteiger partial charge in [-0.15, -0.1) is 24.8 Å². The van der Waals surface area contributed by atoms with Crippen molar-refractivity contribution in [1.82, 2.24) is 9.80 Å². The number of nitrogens with zero attached hydrogens (tertiary/aromatic N) is 2. The largest absolute Gasteiger partial charge is 0.495 e. The van der Waals surface area contributed by atoms with Crippen molar-refractivity contribution >= 4 is 36.4 Å². The average molecular weight is 426 g/mol. The van der Waals surface area contributed by atoms with Gasteiger partial charge in [0.2, 0.25) is 5.91 Å². The summed E-state index contributed by atoms with van der Waals surface area (Å²) in [5.74, 6) is 0.719. The van der Waals surface area contributed by atoms with Crippen LogP contribution < -0.4 is 10.1 Å². The number of benzene rings is 2. The topological polar surface area (TPSA) is 44.8 Å². The molecule has 0 bridgehead atoms. The van der Waals surface area contributed by atoms with Crippen molar-refractivity contribution in [1.29, 1.82) is 0 Å². The van der Waals surface area contributed by atoms with Crippen LogP contribution in [0.2, 0.25) is 0 Å². The lowest BCUT2D eigenvalue weighted by Crippen LogP contribution is -2.46. The van der Waals surface area contributed by atoms with Crippen molar-refractivity contribution in [3.05, 3.63) is 60.2 Å². The standard InChI is InChI=1S/C21H27N3O2.2ClH/c1-26-20-10-6-5-9-19(20)22-21(25)11-12-23-13-15-24(16-14-23)17-18-7-3-2-4-8-18;;/h2-10H,11-17H2,1H3,(H,22,25);2*1H. The molecule has 1 aliphatic heterocycles. The Morgan fingerprint density at radius 3 is 2.21 bits per heavy atom.